The Bertz CT molecular complexity index is 2760. The molecule has 0 spiro atoms. The molecule has 60 heavy (non-hydrogen) atoms. The van der Waals surface area contributed by atoms with Gasteiger partial charge in [-0.2, -0.15) is 0 Å². The zero-order valence-electron chi connectivity index (χ0n) is 34.1. The van der Waals surface area contributed by atoms with E-state index < -0.39 is 0 Å². The standard InChI is InChI=1S/C57H49N3/c1-6-18-40(19-7-1)45-28-16-30-47(32-45)51-34-49(42-22-10-3-11-23-42)36-53(38-51)56-58-55(44-26-14-5-15-27-44)59-57(60-56)54-37-50(43-24-12-4-13-25-43)35-52(39-54)48-31-17-29-46(33-48)41-20-8-2-9-21-41/h1,3-8,10,12,14-15,17-22,24,26-27,29-35,37-39,53H,2,9,11,13,16,23,25,28,36H2. The van der Waals surface area contributed by atoms with Crippen molar-refractivity contribution in [1.29, 1.82) is 0 Å². The highest BCUT2D eigenvalue weighted by Crippen LogP contribution is 2.41. The molecule has 5 aromatic rings. The third kappa shape index (κ3) is 8.26. The molecule has 0 saturated carbocycles. The van der Waals surface area contributed by atoms with E-state index in [0.29, 0.717) is 11.6 Å². The Balaban J connectivity index is 1.11. The predicted molar refractivity (Wildman–Crippen MR) is 251 cm³/mol. The number of hydrogen-bond acceptors (Lipinski definition) is 3. The molecular weight excluding hydrogens is 727 g/mol. The van der Waals surface area contributed by atoms with E-state index in [2.05, 4.69) is 182 Å². The van der Waals surface area contributed by atoms with Gasteiger partial charge in [0.15, 0.2) is 11.6 Å². The summed E-state index contributed by atoms with van der Waals surface area (Å²) in [6, 6.07) is 37.2. The zero-order chi connectivity index (χ0) is 40.1. The second-order valence-corrected chi connectivity index (χ2v) is 16.4. The summed E-state index contributed by atoms with van der Waals surface area (Å²) in [7, 11) is 0. The molecule has 292 valence electrons. The van der Waals surface area contributed by atoms with Crippen LogP contribution in [0.25, 0.3) is 50.6 Å². The normalized spacial score (nSPS) is 18.7. The first-order valence-corrected chi connectivity index (χ1v) is 21.8. The van der Waals surface area contributed by atoms with E-state index >= 15 is 0 Å². The predicted octanol–water partition coefficient (Wildman–Crippen LogP) is 14.8. The van der Waals surface area contributed by atoms with E-state index in [1.54, 1.807) is 0 Å². The lowest BCUT2D eigenvalue weighted by Gasteiger charge is -2.26. The van der Waals surface area contributed by atoms with Gasteiger partial charge in [0.1, 0.15) is 5.82 Å². The fourth-order valence-electron chi connectivity index (χ4n) is 9.09. The van der Waals surface area contributed by atoms with Gasteiger partial charge in [0, 0.05) is 17.0 Å². The van der Waals surface area contributed by atoms with E-state index in [4.69, 9.17) is 15.0 Å². The molecule has 1 aromatic heterocycles. The third-order valence-corrected chi connectivity index (χ3v) is 12.3. The number of hydrogen-bond donors (Lipinski definition) is 0. The minimum absolute atomic E-state index is 0.0326. The van der Waals surface area contributed by atoms with Crippen LogP contribution in [0.15, 0.2) is 204 Å². The lowest BCUT2D eigenvalue weighted by molar-refractivity contribution is 0.731. The summed E-state index contributed by atoms with van der Waals surface area (Å²) < 4.78 is 0. The number of benzene rings is 4. The fraction of sp³-hybridized carbons (Fsp3) is 0.175. The Hall–Kier alpha value is -6.71. The monoisotopic (exact) mass is 775 g/mol. The van der Waals surface area contributed by atoms with Gasteiger partial charge in [-0.25, -0.2) is 15.0 Å². The molecule has 0 fully saturated rings. The maximum Gasteiger partial charge on any atom is 0.163 e. The van der Waals surface area contributed by atoms with Gasteiger partial charge >= 0.3 is 0 Å². The van der Waals surface area contributed by atoms with Crippen molar-refractivity contribution in [2.24, 2.45) is 0 Å². The maximum atomic E-state index is 5.47. The van der Waals surface area contributed by atoms with Gasteiger partial charge < -0.3 is 0 Å². The van der Waals surface area contributed by atoms with Crippen molar-refractivity contribution in [2.45, 2.75) is 63.7 Å². The van der Waals surface area contributed by atoms with Crippen LogP contribution in [0, 0.1) is 0 Å². The summed E-state index contributed by atoms with van der Waals surface area (Å²) in [5, 5.41) is 0. The first-order valence-electron chi connectivity index (χ1n) is 21.8. The Kier molecular flexibility index (Phi) is 10.8. The summed E-state index contributed by atoms with van der Waals surface area (Å²) in [4.78, 5) is 16.1. The molecule has 0 bridgehead atoms. The van der Waals surface area contributed by atoms with Gasteiger partial charge in [-0.05, 0) is 149 Å². The van der Waals surface area contributed by atoms with Crippen LogP contribution in [0.3, 0.4) is 0 Å². The van der Waals surface area contributed by atoms with Crippen LogP contribution in [0.2, 0.25) is 0 Å². The van der Waals surface area contributed by atoms with Crippen LogP contribution in [0.1, 0.15) is 86.2 Å². The van der Waals surface area contributed by atoms with Gasteiger partial charge in [-0.1, -0.05) is 158 Å². The van der Waals surface area contributed by atoms with Gasteiger partial charge in [-0.3, -0.25) is 0 Å². The molecule has 3 heteroatoms. The highest BCUT2D eigenvalue weighted by Gasteiger charge is 2.26. The second kappa shape index (κ2) is 17.3. The molecule has 5 aliphatic carbocycles. The smallest absolute Gasteiger partial charge is 0.163 e. The molecular formula is C57H49N3. The molecule has 10 rings (SSSR count). The summed E-state index contributed by atoms with van der Waals surface area (Å²) in [5.74, 6) is 2.18. The molecule has 3 nitrogen and oxygen atoms in total. The van der Waals surface area contributed by atoms with E-state index in [-0.39, 0.29) is 5.92 Å². The molecule has 0 amide bonds. The quantitative estimate of drug-likeness (QED) is 0.150. The van der Waals surface area contributed by atoms with E-state index in [0.717, 1.165) is 80.3 Å². The molecule has 0 radical (unpaired) electrons. The number of allylic oxidation sites excluding steroid dienone is 20. The molecule has 1 heterocycles. The number of rotatable bonds is 9. The summed E-state index contributed by atoms with van der Waals surface area (Å²) in [5.41, 5.74) is 17.4. The minimum atomic E-state index is -0.0326. The van der Waals surface area contributed by atoms with Crippen molar-refractivity contribution in [3.05, 3.63) is 227 Å². The van der Waals surface area contributed by atoms with Crippen LogP contribution in [0.5, 0.6) is 0 Å². The van der Waals surface area contributed by atoms with Crippen LogP contribution in [-0.2, 0) is 0 Å². The molecule has 5 aliphatic rings. The number of aromatic nitrogens is 3. The first kappa shape index (κ1) is 37.6. The van der Waals surface area contributed by atoms with Gasteiger partial charge in [-0.15, -0.1) is 0 Å². The minimum Gasteiger partial charge on any atom is -0.212 e. The van der Waals surface area contributed by atoms with Gasteiger partial charge in [0.05, 0.1) is 0 Å². The van der Waals surface area contributed by atoms with Crippen molar-refractivity contribution in [2.75, 3.05) is 0 Å². The molecule has 4 aromatic carbocycles. The van der Waals surface area contributed by atoms with Crippen molar-refractivity contribution in [3.8, 4) is 33.9 Å². The average Bonchev–Trinajstić information content (AvgIpc) is 3.35. The first-order chi connectivity index (χ1) is 29.7. The molecule has 0 aliphatic heterocycles. The van der Waals surface area contributed by atoms with E-state index in [9.17, 15) is 0 Å². The average molecular weight is 776 g/mol. The molecule has 0 saturated heterocycles. The number of nitrogens with zero attached hydrogens (tertiary/aromatic N) is 3. The topological polar surface area (TPSA) is 38.7 Å². The maximum absolute atomic E-state index is 5.47. The Morgan fingerprint density at radius 1 is 0.417 bits per heavy atom. The lowest BCUT2D eigenvalue weighted by Crippen LogP contribution is -2.13. The van der Waals surface area contributed by atoms with Crippen LogP contribution >= 0.6 is 0 Å². The van der Waals surface area contributed by atoms with Crippen molar-refractivity contribution >= 4 is 16.7 Å². The highest BCUT2D eigenvalue weighted by molar-refractivity contribution is 5.83. The molecule has 0 N–H and O–H groups in total. The van der Waals surface area contributed by atoms with Crippen molar-refractivity contribution in [1.82, 2.24) is 15.0 Å². The largest absolute Gasteiger partial charge is 0.212 e. The van der Waals surface area contributed by atoms with Crippen molar-refractivity contribution < 1.29 is 0 Å². The highest BCUT2D eigenvalue weighted by atomic mass is 15.0. The van der Waals surface area contributed by atoms with E-state index in [1.165, 1.54) is 61.3 Å². The lowest BCUT2D eigenvalue weighted by atomic mass is 9.80. The summed E-state index contributed by atoms with van der Waals surface area (Å²) in [6.45, 7) is 0. The second-order valence-electron chi connectivity index (χ2n) is 16.4. The Morgan fingerprint density at radius 3 is 1.80 bits per heavy atom. The fourth-order valence-corrected chi connectivity index (χ4v) is 9.09. The van der Waals surface area contributed by atoms with Crippen LogP contribution < -0.4 is 0 Å². The Labute approximate surface area is 354 Å². The SMILES string of the molecule is C1=CCCC(C2=CC(C3=CCCC(c4ccccc4)=C3)=CC(c3nc(-c4ccccc4)nc(-c4cc(C5=CC=CCC5)cc(-c5cccc(C6=CCCC=C6)c5)c4)n3)C2)=C1. The van der Waals surface area contributed by atoms with Crippen molar-refractivity contribution in [3.63, 3.8) is 0 Å². The molecule has 1 atom stereocenters. The van der Waals surface area contributed by atoms with E-state index in [1.807, 2.05) is 0 Å². The summed E-state index contributed by atoms with van der Waals surface area (Å²) in [6.07, 6.45) is 39.3. The zero-order valence-corrected chi connectivity index (χ0v) is 34.1. The van der Waals surface area contributed by atoms with Crippen LogP contribution in [0.4, 0.5) is 0 Å². The van der Waals surface area contributed by atoms with Gasteiger partial charge in [0.2, 0.25) is 0 Å². The third-order valence-electron chi connectivity index (χ3n) is 12.3. The van der Waals surface area contributed by atoms with Crippen LogP contribution in [-0.4, -0.2) is 15.0 Å². The molecule has 1 unspecified atom stereocenters. The summed E-state index contributed by atoms with van der Waals surface area (Å²) >= 11 is 0. The Morgan fingerprint density at radius 2 is 1.05 bits per heavy atom. The van der Waals surface area contributed by atoms with Gasteiger partial charge in [0.25, 0.3) is 0 Å².